The number of esters is 1. The second-order valence-corrected chi connectivity index (χ2v) is 8.18. The standard InChI is InChI=1S/C23H28N2O4/c26-21-14-19(15-25(21)20-8-4-5-9-20)23(28)29-16-22(27)24-12-10-18(11-13-24)17-6-2-1-3-7-17/h1-3,6-7,10,19-20H,4-5,8-9,11-16H2/t19-/m1/s1. The Morgan fingerprint density at radius 2 is 1.86 bits per heavy atom. The smallest absolute Gasteiger partial charge is 0.311 e. The van der Waals surface area contributed by atoms with Gasteiger partial charge in [0.15, 0.2) is 6.61 Å². The van der Waals surface area contributed by atoms with Crippen molar-refractivity contribution in [3.63, 3.8) is 0 Å². The van der Waals surface area contributed by atoms with Crippen molar-refractivity contribution in [1.82, 2.24) is 9.80 Å². The van der Waals surface area contributed by atoms with E-state index in [1.54, 1.807) is 4.90 Å². The van der Waals surface area contributed by atoms with Crippen LogP contribution in [0.3, 0.4) is 0 Å². The first-order valence-corrected chi connectivity index (χ1v) is 10.6. The number of amides is 2. The minimum Gasteiger partial charge on any atom is -0.455 e. The Morgan fingerprint density at radius 1 is 1.10 bits per heavy atom. The Balaban J connectivity index is 1.24. The monoisotopic (exact) mass is 396 g/mol. The van der Waals surface area contributed by atoms with Crippen LogP contribution in [0.1, 0.15) is 44.1 Å². The third-order valence-electron chi connectivity index (χ3n) is 6.30. The van der Waals surface area contributed by atoms with Crippen LogP contribution in [0.2, 0.25) is 0 Å². The molecule has 1 aliphatic carbocycles. The van der Waals surface area contributed by atoms with Crippen LogP contribution in [-0.4, -0.2) is 59.9 Å². The number of benzene rings is 1. The maximum atomic E-state index is 12.4. The normalized spacial score (nSPS) is 22.7. The number of hydrogen-bond donors (Lipinski definition) is 0. The highest BCUT2D eigenvalue weighted by atomic mass is 16.5. The van der Waals surface area contributed by atoms with Crippen LogP contribution < -0.4 is 0 Å². The lowest BCUT2D eigenvalue weighted by Gasteiger charge is -2.27. The largest absolute Gasteiger partial charge is 0.455 e. The fraction of sp³-hybridized carbons (Fsp3) is 0.522. The van der Waals surface area contributed by atoms with Gasteiger partial charge in [0.25, 0.3) is 5.91 Å². The van der Waals surface area contributed by atoms with E-state index in [9.17, 15) is 14.4 Å². The molecular weight excluding hydrogens is 368 g/mol. The lowest BCUT2D eigenvalue weighted by Crippen LogP contribution is -2.38. The molecule has 2 heterocycles. The molecule has 1 aromatic rings. The molecule has 0 bridgehead atoms. The lowest BCUT2D eigenvalue weighted by molar-refractivity contribution is -0.155. The van der Waals surface area contributed by atoms with Crippen molar-refractivity contribution in [3.05, 3.63) is 42.0 Å². The zero-order valence-electron chi connectivity index (χ0n) is 16.7. The summed E-state index contributed by atoms with van der Waals surface area (Å²) in [5.74, 6) is -1.01. The first kappa shape index (κ1) is 19.7. The average Bonchev–Trinajstić information content (AvgIpc) is 3.42. The van der Waals surface area contributed by atoms with E-state index in [-0.39, 0.29) is 30.9 Å². The summed E-state index contributed by atoms with van der Waals surface area (Å²) in [4.78, 5) is 40.6. The number of rotatable bonds is 5. The number of hydrogen-bond acceptors (Lipinski definition) is 4. The number of carbonyl (C=O) groups excluding carboxylic acids is 3. The van der Waals surface area contributed by atoms with E-state index in [2.05, 4.69) is 18.2 Å². The molecule has 0 spiro atoms. The van der Waals surface area contributed by atoms with Gasteiger partial charge in [-0.25, -0.2) is 0 Å². The highest BCUT2D eigenvalue weighted by Crippen LogP contribution is 2.30. The predicted octanol–water partition coefficient (Wildman–Crippen LogP) is 2.64. The molecule has 6 nitrogen and oxygen atoms in total. The van der Waals surface area contributed by atoms with E-state index in [1.807, 2.05) is 23.1 Å². The zero-order chi connectivity index (χ0) is 20.2. The first-order chi connectivity index (χ1) is 14.1. The second kappa shape index (κ2) is 8.80. The van der Waals surface area contributed by atoms with Gasteiger partial charge >= 0.3 is 5.97 Å². The van der Waals surface area contributed by atoms with E-state index < -0.39 is 11.9 Å². The van der Waals surface area contributed by atoms with Crippen molar-refractivity contribution in [2.75, 3.05) is 26.2 Å². The van der Waals surface area contributed by atoms with Crippen LogP contribution in [0, 0.1) is 5.92 Å². The molecule has 1 saturated carbocycles. The average molecular weight is 396 g/mol. The van der Waals surface area contributed by atoms with Crippen molar-refractivity contribution in [2.45, 2.75) is 44.6 Å². The summed E-state index contributed by atoms with van der Waals surface area (Å²) in [6.45, 7) is 1.33. The molecule has 6 heteroatoms. The number of ether oxygens (including phenoxy) is 1. The van der Waals surface area contributed by atoms with E-state index in [0.29, 0.717) is 19.6 Å². The van der Waals surface area contributed by atoms with E-state index in [4.69, 9.17) is 4.74 Å². The summed E-state index contributed by atoms with van der Waals surface area (Å²) in [6.07, 6.45) is 7.41. The highest BCUT2D eigenvalue weighted by Gasteiger charge is 2.39. The second-order valence-electron chi connectivity index (χ2n) is 8.18. The SMILES string of the molecule is O=C(OCC(=O)N1CC=C(c2ccccc2)CC1)[C@@H]1CC(=O)N(C2CCCC2)C1. The molecule has 0 N–H and O–H groups in total. The summed E-state index contributed by atoms with van der Waals surface area (Å²) < 4.78 is 5.28. The maximum absolute atomic E-state index is 12.4. The van der Waals surface area contributed by atoms with Crippen molar-refractivity contribution in [2.24, 2.45) is 5.92 Å². The van der Waals surface area contributed by atoms with E-state index in [1.165, 1.54) is 11.1 Å². The molecule has 0 unspecified atom stereocenters. The molecule has 154 valence electrons. The van der Waals surface area contributed by atoms with Crippen LogP contribution in [0.25, 0.3) is 5.57 Å². The Kier molecular flexibility index (Phi) is 5.97. The summed E-state index contributed by atoms with van der Waals surface area (Å²) in [6, 6.07) is 10.4. The Hall–Kier alpha value is -2.63. The van der Waals surface area contributed by atoms with Crippen molar-refractivity contribution < 1.29 is 19.1 Å². The molecule has 0 aromatic heterocycles. The van der Waals surface area contributed by atoms with Gasteiger partial charge in [0.2, 0.25) is 5.91 Å². The molecule has 4 rings (SSSR count). The highest BCUT2D eigenvalue weighted by molar-refractivity contribution is 5.88. The predicted molar refractivity (Wildman–Crippen MR) is 109 cm³/mol. The van der Waals surface area contributed by atoms with Gasteiger partial charge in [-0.05, 0) is 30.4 Å². The maximum Gasteiger partial charge on any atom is 0.311 e. The number of likely N-dealkylation sites (tertiary alicyclic amines) is 1. The molecular formula is C23H28N2O4. The van der Waals surface area contributed by atoms with E-state index >= 15 is 0 Å². The van der Waals surface area contributed by atoms with Gasteiger partial charge in [-0.2, -0.15) is 0 Å². The summed E-state index contributed by atoms with van der Waals surface area (Å²) in [5.41, 5.74) is 2.42. The Labute approximate surface area is 171 Å². The van der Waals surface area contributed by atoms with E-state index in [0.717, 1.165) is 32.1 Å². The Bertz CT molecular complexity index is 798. The molecule has 0 radical (unpaired) electrons. The summed E-state index contributed by atoms with van der Waals surface area (Å²) in [5, 5.41) is 0. The Morgan fingerprint density at radius 3 is 2.55 bits per heavy atom. The molecule has 2 amide bonds. The van der Waals surface area contributed by atoms with Gasteiger partial charge in [0, 0.05) is 32.1 Å². The molecule has 3 aliphatic rings. The summed E-state index contributed by atoms with van der Waals surface area (Å²) >= 11 is 0. The third-order valence-corrected chi connectivity index (χ3v) is 6.30. The van der Waals surface area contributed by atoms with Gasteiger partial charge in [0.1, 0.15) is 0 Å². The van der Waals surface area contributed by atoms with Crippen LogP contribution in [0.5, 0.6) is 0 Å². The van der Waals surface area contributed by atoms with Crippen LogP contribution >= 0.6 is 0 Å². The fourth-order valence-electron chi connectivity index (χ4n) is 4.61. The summed E-state index contributed by atoms with van der Waals surface area (Å²) in [7, 11) is 0. The van der Waals surface area contributed by atoms with Crippen molar-refractivity contribution in [1.29, 1.82) is 0 Å². The van der Waals surface area contributed by atoms with Gasteiger partial charge in [-0.15, -0.1) is 0 Å². The topological polar surface area (TPSA) is 66.9 Å². The van der Waals surface area contributed by atoms with Crippen LogP contribution in [0.15, 0.2) is 36.4 Å². The van der Waals surface area contributed by atoms with Gasteiger partial charge in [0.05, 0.1) is 5.92 Å². The molecule has 2 aliphatic heterocycles. The molecule has 29 heavy (non-hydrogen) atoms. The molecule has 2 fully saturated rings. The van der Waals surface area contributed by atoms with Gasteiger partial charge in [-0.1, -0.05) is 49.2 Å². The lowest BCUT2D eigenvalue weighted by atomic mass is 10.00. The first-order valence-electron chi connectivity index (χ1n) is 10.6. The third kappa shape index (κ3) is 4.52. The quantitative estimate of drug-likeness (QED) is 0.718. The molecule has 1 saturated heterocycles. The van der Waals surface area contributed by atoms with Crippen LogP contribution in [0.4, 0.5) is 0 Å². The molecule has 1 aromatic carbocycles. The van der Waals surface area contributed by atoms with Gasteiger partial charge < -0.3 is 14.5 Å². The minimum atomic E-state index is -0.443. The van der Waals surface area contributed by atoms with Crippen LogP contribution in [-0.2, 0) is 19.1 Å². The van der Waals surface area contributed by atoms with Crippen molar-refractivity contribution in [3.8, 4) is 0 Å². The van der Waals surface area contributed by atoms with Crippen molar-refractivity contribution >= 4 is 23.4 Å². The fourth-order valence-corrected chi connectivity index (χ4v) is 4.61. The minimum absolute atomic E-state index is 0.0415. The van der Waals surface area contributed by atoms with Gasteiger partial charge in [-0.3, -0.25) is 14.4 Å². The zero-order valence-corrected chi connectivity index (χ0v) is 16.7. The number of carbonyl (C=O) groups is 3. The molecule has 1 atom stereocenters. The number of nitrogens with zero attached hydrogens (tertiary/aromatic N) is 2.